The molecule has 2 aromatic rings. The fourth-order valence-electron chi connectivity index (χ4n) is 1.89. The molecule has 23 heavy (non-hydrogen) atoms. The zero-order valence-corrected chi connectivity index (χ0v) is 14.5. The number of aliphatic hydroxyl groups excluding tert-OH is 1. The van der Waals surface area contributed by atoms with Gasteiger partial charge in [-0.2, -0.15) is 0 Å². The van der Waals surface area contributed by atoms with Crippen LogP contribution in [-0.2, 0) is 6.42 Å². The number of rotatable bonds is 6. The molecular formula is C18H20ClNO2S. The molecule has 1 unspecified atom stereocenters. The topological polar surface area (TPSA) is 55.5 Å². The van der Waals surface area contributed by atoms with E-state index in [0.717, 1.165) is 23.5 Å². The summed E-state index contributed by atoms with van der Waals surface area (Å²) < 4.78 is 5.53. The van der Waals surface area contributed by atoms with E-state index >= 15 is 0 Å². The third kappa shape index (κ3) is 6.25. The summed E-state index contributed by atoms with van der Waals surface area (Å²) in [6.07, 6.45) is 1.02. The molecule has 0 saturated carbocycles. The highest BCUT2D eigenvalue weighted by Gasteiger charge is 2.09. The van der Waals surface area contributed by atoms with Crippen LogP contribution in [0.25, 0.3) is 0 Å². The van der Waals surface area contributed by atoms with Crippen molar-refractivity contribution in [2.24, 2.45) is 11.7 Å². The molecule has 0 spiro atoms. The highest BCUT2D eigenvalue weighted by Crippen LogP contribution is 2.19. The van der Waals surface area contributed by atoms with Crippen molar-refractivity contribution in [1.29, 1.82) is 0 Å². The number of thiophene rings is 1. The lowest BCUT2D eigenvalue weighted by atomic mass is 10.0. The van der Waals surface area contributed by atoms with E-state index in [1.165, 1.54) is 4.88 Å². The third-order valence-electron chi connectivity index (χ3n) is 3.43. The number of aryl methyl sites for hydroxylation is 1. The normalized spacial score (nSPS) is 13.0. The molecule has 0 fully saturated rings. The number of hydrogen-bond donors (Lipinski definition) is 2. The first-order valence-corrected chi connectivity index (χ1v) is 8.63. The Bertz CT molecular complexity index is 670. The van der Waals surface area contributed by atoms with Gasteiger partial charge in [-0.1, -0.05) is 30.4 Å². The Morgan fingerprint density at radius 3 is 2.70 bits per heavy atom. The van der Waals surface area contributed by atoms with E-state index in [1.807, 2.05) is 25.1 Å². The molecule has 5 heteroatoms. The molecule has 0 amide bonds. The molecule has 122 valence electrons. The molecule has 0 aliphatic heterocycles. The highest BCUT2D eigenvalue weighted by molar-refractivity contribution is 7.12. The van der Waals surface area contributed by atoms with Crippen molar-refractivity contribution in [1.82, 2.24) is 0 Å². The van der Waals surface area contributed by atoms with Gasteiger partial charge in [0.05, 0.1) is 4.88 Å². The summed E-state index contributed by atoms with van der Waals surface area (Å²) in [5.74, 6) is 6.96. The van der Waals surface area contributed by atoms with E-state index in [0.29, 0.717) is 11.6 Å². The summed E-state index contributed by atoms with van der Waals surface area (Å²) in [5, 5.41) is 9.98. The predicted octanol–water partition coefficient (Wildman–Crippen LogP) is 3.68. The van der Waals surface area contributed by atoms with Crippen LogP contribution in [0.4, 0.5) is 0 Å². The summed E-state index contributed by atoms with van der Waals surface area (Å²) in [4.78, 5) is 2.26. The molecule has 3 nitrogen and oxygen atoms in total. The average molecular weight is 350 g/mol. The summed E-state index contributed by atoms with van der Waals surface area (Å²) >= 11 is 7.48. The standard InChI is InChI=1S/C18H20ClNO2S/c1-13(18(20)21)4-9-17-11-10-16(23-17)3-2-12-22-15-7-5-14(19)6-8-15/h5-8,10-11,13,18,21H,4,9,12,20H2,1H3/t13-,18?/m1/s1. The molecule has 0 saturated heterocycles. The monoisotopic (exact) mass is 349 g/mol. The summed E-state index contributed by atoms with van der Waals surface area (Å²) in [6.45, 7) is 2.29. The van der Waals surface area contributed by atoms with Crippen molar-refractivity contribution >= 4 is 22.9 Å². The number of nitrogens with two attached hydrogens (primary N) is 1. The lowest BCUT2D eigenvalue weighted by Gasteiger charge is -2.12. The first-order chi connectivity index (χ1) is 11.0. The van der Waals surface area contributed by atoms with Gasteiger partial charge in [0.1, 0.15) is 18.6 Å². The van der Waals surface area contributed by atoms with Crippen LogP contribution >= 0.6 is 22.9 Å². The van der Waals surface area contributed by atoms with E-state index < -0.39 is 6.23 Å². The van der Waals surface area contributed by atoms with E-state index in [-0.39, 0.29) is 5.92 Å². The van der Waals surface area contributed by atoms with Gasteiger partial charge in [0.2, 0.25) is 0 Å². The number of ether oxygens (including phenoxy) is 1. The molecule has 1 aromatic heterocycles. The minimum atomic E-state index is -0.751. The first-order valence-electron chi connectivity index (χ1n) is 7.44. The maximum Gasteiger partial charge on any atom is 0.149 e. The van der Waals surface area contributed by atoms with Gasteiger partial charge in [-0.15, -0.1) is 11.3 Å². The lowest BCUT2D eigenvalue weighted by Crippen LogP contribution is -2.27. The van der Waals surface area contributed by atoms with Crippen LogP contribution in [0.2, 0.25) is 5.02 Å². The molecule has 1 aromatic carbocycles. The maximum absolute atomic E-state index is 9.29. The fraction of sp³-hybridized carbons (Fsp3) is 0.333. The zero-order valence-electron chi connectivity index (χ0n) is 13.0. The molecule has 0 aliphatic carbocycles. The van der Waals surface area contributed by atoms with Gasteiger partial charge in [-0.05, 0) is 55.2 Å². The minimum Gasteiger partial charge on any atom is -0.481 e. The van der Waals surface area contributed by atoms with Gasteiger partial charge in [-0.25, -0.2) is 0 Å². The predicted molar refractivity (Wildman–Crippen MR) is 95.8 cm³/mol. The highest BCUT2D eigenvalue weighted by atomic mass is 35.5. The van der Waals surface area contributed by atoms with Crippen LogP contribution in [0.3, 0.4) is 0 Å². The van der Waals surface area contributed by atoms with E-state index in [2.05, 4.69) is 17.9 Å². The average Bonchev–Trinajstić information content (AvgIpc) is 2.98. The second-order valence-corrected chi connectivity index (χ2v) is 6.92. The zero-order chi connectivity index (χ0) is 16.7. The Morgan fingerprint density at radius 2 is 2.00 bits per heavy atom. The van der Waals surface area contributed by atoms with Gasteiger partial charge >= 0.3 is 0 Å². The molecule has 0 radical (unpaired) electrons. The Labute approximate surface area is 146 Å². The molecule has 2 rings (SSSR count). The number of halogens is 1. The largest absolute Gasteiger partial charge is 0.481 e. The molecule has 2 atom stereocenters. The molecule has 3 N–H and O–H groups in total. The maximum atomic E-state index is 9.29. The third-order valence-corrected chi connectivity index (χ3v) is 4.74. The summed E-state index contributed by atoms with van der Waals surface area (Å²) in [7, 11) is 0. The van der Waals surface area contributed by atoms with Gasteiger partial charge < -0.3 is 15.6 Å². The molecule has 0 bridgehead atoms. The van der Waals surface area contributed by atoms with Gasteiger partial charge in [0.15, 0.2) is 0 Å². The Hall–Kier alpha value is -1.51. The van der Waals surface area contributed by atoms with Crippen LogP contribution in [-0.4, -0.2) is 17.9 Å². The van der Waals surface area contributed by atoms with E-state index in [9.17, 15) is 5.11 Å². The lowest BCUT2D eigenvalue weighted by molar-refractivity contribution is 0.119. The van der Waals surface area contributed by atoms with Gasteiger partial charge in [0, 0.05) is 9.90 Å². The fourth-order valence-corrected chi connectivity index (χ4v) is 2.92. The quantitative estimate of drug-likeness (QED) is 0.618. The molecular weight excluding hydrogens is 330 g/mol. The molecule has 0 aliphatic rings. The number of hydrogen-bond acceptors (Lipinski definition) is 4. The van der Waals surface area contributed by atoms with Crippen LogP contribution in [0, 0.1) is 17.8 Å². The molecule has 1 heterocycles. The van der Waals surface area contributed by atoms with Crippen molar-refractivity contribution < 1.29 is 9.84 Å². The van der Waals surface area contributed by atoms with E-state index in [4.69, 9.17) is 22.1 Å². The van der Waals surface area contributed by atoms with Gasteiger partial charge in [0.25, 0.3) is 0 Å². The van der Waals surface area contributed by atoms with Gasteiger partial charge in [-0.3, -0.25) is 0 Å². The van der Waals surface area contributed by atoms with Crippen LogP contribution < -0.4 is 10.5 Å². The van der Waals surface area contributed by atoms with Crippen molar-refractivity contribution in [2.45, 2.75) is 26.0 Å². The van der Waals surface area contributed by atoms with Crippen molar-refractivity contribution in [3.8, 4) is 17.6 Å². The number of aliphatic hydroxyl groups is 1. The Balaban J connectivity index is 1.79. The second kappa shape index (κ2) is 8.95. The number of benzene rings is 1. The summed E-state index contributed by atoms with van der Waals surface area (Å²) in [5.41, 5.74) is 5.46. The van der Waals surface area contributed by atoms with Crippen molar-refractivity contribution in [3.05, 3.63) is 51.2 Å². The van der Waals surface area contributed by atoms with Crippen molar-refractivity contribution in [3.63, 3.8) is 0 Å². The Kier molecular flexibility index (Phi) is 6.94. The van der Waals surface area contributed by atoms with E-state index in [1.54, 1.807) is 23.5 Å². The minimum absolute atomic E-state index is 0.0967. The van der Waals surface area contributed by atoms with Crippen molar-refractivity contribution in [2.75, 3.05) is 6.61 Å². The Morgan fingerprint density at radius 1 is 1.26 bits per heavy atom. The second-order valence-electron chi connectivity index (χ2n) is 5.32. The smallest absolute Gasteiger partial charge is 0.149 e. The van der Waals surface area contributed by atoms with Crippen LogP contribution in [0.15, 0.2) is 36.4 Å². The van der Waals surface area contributed by atoms with Crippen LogP contribution in [0.5, 0.6) is 5.75 Å². The van der Waals surface area contributed by atoms with Crippen LogP contribution in [0.1, 0.15) is 23.1 Å². The SMILES string of the molecule is C[C@H](CCc1ccc(C#CCOc2ccc(Cl)cc2)s1)C(N)O. The first kappa shape index (κ1) is 17.8. The summed E-state index contributed by atoms with van der Waals surface area (Å²) in [6, 6.07) is 11.3.